The summed E-state index contributed by atoms with van der Waals surface area (Å²) in [5, 5.41) is 10.1. The van der Waals surface area contributed by atoms with Crippen LogP contribution in [0.4, 0.5) is 5.82 Å². The van der Waals surface area contributed by atoms with Crippen molar-refractivity contribution in [3.05, 3.63) is 22.8 Å². The Hall–Kier alpha value is -1.37. The van der Waals surface area contributed by atoms with Gasteiger partial charge in [-0.1, -0.05) is 11.6 Å². The van der Waals surface area contributed by atoms with E-state index >= 15 is 0 Å². The predicted molar refractivity (Wildman–Crippen MR) is 72.8 cm³/mol. The number of aromatic nitrogens is 1. The lowest BCUT2D eigenvalue weighted by atomic mass is 9.93. The number of nitrogens with zero attached hydrogens (tertiary/aromatic N) is 2. The van der Waals surface area contributed by atoms with Crippen molar-refractivity contribution in [1.29, 1.82) is 0 Å². The number of hydrogen-bond acceptors (Lipinski definition) is 5. The Morgan fingerprint density at radius 2 is 2.16 bits per heavy atom. The molecule has 7 heteroatoms. The molecule has 0 radical (unpaired) electrons. The summed E-state index contributed by atoms with van der Waals surface area (Å²) in [5.74, 6) is 5.49. The maximum atomic E-state index is 12.3. The van der Waals surface area contributed by atoms with Crippen LogP contribution in [0.3, 0.4) is 0 Å². The average molecular weight is 285 g/mol. The first-order chi connectivity index (χ1) is 8.91. The lowest BCUT2D eigenvalue weighted by Crippen LogP contribution is -2.45. The molecule has 2 rings (SSSR count). The summed E-state index contributed by atoms with van der Waals surface area (Å²) in [6.07, 6.45) is 1.14. The van der Waals surface area contributed by atoms with Gasteiger partial charge in [0.1, 0.15) is 11.0 Å². The molecule has 0 atom stereocenters. The van der Waals surface area contributed by atoms with E-state index in [2.05, 4.69) is 10.4 Å². The summed E-state index contributed by atoms with van der Waals surface area (Å²) in [6, 6.07) is 3.07. The molecule has 2 heterocycles. The second-order valence-electron chi connectivity index (χ2n) is 5.00. The first-order valence-corrected chi connectivity index (χ1v) is 6.45. The van der Waals surface area contributed by atoms with E-state index in [1.807, 2.05) is 0 Å². The SMILES string of the molecule is CC1(O)CCN(C(=O)c2cc(Cl)nc(NN)c2)CC1. The van der Waals surface area contributed by atoms with Crippen LogP contribution in [0.15, 0.2) is 12.1 Å². The molecule has 104 valence electrons. The molecule has 6 nitrogen and oxygen atoms in total. The number of likely N-dealkylation sites (tertiary alicyclic amines) is 1. The number of anilines is 1. The van der Waals surface area contributed by atoms with Gasteiger partial charge in [-0.15, -0.1) is 0 Å². The molecule has 1 aromatic heterocycles. The normalized spacial score (nSPS) is 18.2. The van der Waals surface area contributed by atoms with Gasteiger partial charge < -0.3 is 15.4 Å². The first kappa shape index (κ1) is 14.0. The molecule has 1 saturated heterocycles. The molecule has 1 aliphatic heterocycles. The molecule has 19 heavy (non-hydrogen) atoms. The van der Waals surface area contributed by atoms with Crippen molar-refractivity contribution in [2.45, 2.75) is 25.4 Å². The fraction of sp³-hybridized carbons (Fsp3) is 0.500. The van der Waals surface area contributed by atoms with Crippen LogP contribution in [0.2, 0.25) is 5.15 Å². The van der Waals surface area contributed by atoms with E-state index < -0.39 is 5.60 Å². The number of rotatable bonds is 2. The number of nitrogens with two attached hydrogens (primary N) is 1. The van der Waals surface area contributed by atoms with Crippen LogP contribution in [0.1, 0.15) is 30.1 Å². The molecular weight excluding hydrogens is 268 g/mol. The molecular formula is C12H17ClN4O2. The predicted octanol–water partition coefficient (Wildman–Crippen LogP) is 1.01. The van der Waals surface area contributed by atoms with Gasteiger partial charge in [0, 0.05) is 18.7 Å². The number of hydrogen-bond donors (Lipinski definition) is 3. The maximum Gasteiger partial charge on any atom is 0.254 e. The summed E-state index contributed by atoms with van der Waals surface area (Å²) < 4.78 is 0. The molecule has 1 aromatic rings. The number of piperidine rings is 1. The third-order valence-corrected chi connectivity index (χ3v) is 3.51. The van der Waals surface area contributed by atoms with Gasteiger partial charge in [-0.3, -0.25) is 4.79 Å². The van der Waals surface area contributed by atoms with Crippen molar-refractivity contribution >= 4 is 23.3 Å². The van der Waals surface area contributed by atoms with E-state index in [4.69, 9.17) is 17.4 Å². The standard InChI is InChI=1S/C12H17ClN4O2/c1-12(19)2-4-17(5-3-12)11(18)8-6-9(13)15-10(7-8)16-14/h6-7,19H,2-5,14H2,1H3,(H,15,16). The van der Waals surface area contributed by atoms with Crippen LogP contribution in [-0.2, 0) is 0 Å². The van der Waals surface area contributed by atoms with Gasteiger partial charge in [-0.05, 0) is 31.9 Å². The van der Waals surface area contributed by atoms with E-state index in [0.717, 1.165) is 0 Å². The fourth-order valence-electron chi connectivity index (χ4n) is 2.07. The van der Waals surface area contributed by atoms with Crippen molar-refractivity contribution in [3.63, 3.8) is 0 Å². The van der Waals surface area contributed by atoms with Crippen LogP contribution in [0, 0.1) is 0 Å². The van der Waals surface area contributed by atoms with E-state index in [0.29, 0.717) is 37.3 Å². The van der Waals surface area contributed by atoms with Gasteiger partial charge in [0.05, 0.1) is 5.60 Å². The van der Waals surface area contributed by atoms with Gasteiger partial charge in [0.2, 0.25) is 0 Å². The quantitative estimate of drug-likeness (QED) is 0.428. The van der Waals surface area contributed by atoms with Gasteiger partial charge in [0.15, 0.2) is 0 Å². The second-order valence-corrected chi connectivity index (χ2v) is 5.38. The van der Waals surface area contributed by atoms with E-state index in [9.17, 15) is 9.90 Å². The Morgan fingerprint density at radius 3 is 2.74 bits per heavy atom. The molecule has 0 unspecified atom stereocenters. The molecule has 0 bridgehead atoms. The van der Waals surface area contributed by atoms with Crippen LogP contribution >= 0.6 is 11.6 Å². The Bertz CT molecular complexity index is 483. The molecule has 1 amide bonds. The van der Waals surface area contributed by atoms with Crippen molar-refractivity contribution in [3.8, 4) is 0 Å². The Labute approximate surface area is 116 Å². The largest absolute Gasteiger partial charge is 0.390 e. The minimum absolute atomic E-state index is 0.128. The molecule has 0 spiro atoms. The smallest absolute Gasteiger partial charge is 0.254 e. The highest BCUT2D eigenvalue weighted by Crippen LogP contribution is 2.23. The number of nitrogen functional groups attached to an aromatic ring is 1. The van der Waals surface area contributed by atoms with Gasteiger partial charge in [-0.25, -0.2) is 10.8 Å². The number of amides is 1. The first-order valence-electron chi connectivity index (χ1n) is 6.07. The number of halogens is 1. The zero-order valence-corrected chi connectivity index (χ0v) is 11.4. The molecule has 1 aliphatic rings. The number of carbonyl (C=O) groups is 1. The van der Waals surface area contributed by atoms with Crippen LogP contribution in [0.5, 0.6) is 0 Å². The van der Waals surface area contributed by atoms with Crippen LogP contribution < -0.4 is 11.3 Å². The highest BCUT2D eigenvalue weighted by atomic mass is 35.5. The molecule has 0 aromatic carbocycles. The van der Waals surface area contributed by atoms with Gasteiger partial charge >= 0.3 is 0 Å². The van der Waals surface area contributed by atoms with E-state index in [-0.39, 0.29) is 11.1 Å². The Kier molecular flexibility index (Phi) is 3.93. The fourth-order valence-corrected chi connectivity index (χ4v) is 2.28. The highest BCUT2D eigenvalue weighted by Gasteiger charge is 2.30. The third kappa shape index (κ3) is 3.34. The summed E-state index contributed by atoms with van der Waals surface area (Å²) in [5.41, 5.74) is 2.13. The lowest BCUT2D eigenvalue weighted by Gasteiger charge is -2.35. The average Bonchev–Trinajstić information content (AvgIpc) is 2.37. The minimum atomic E-state index is -0.684. The van der Waals surface area contributed by atoms with Crippen molar-refractivity contribution in [2.75, 3.05) is 18.5 Å². The topological polar surface area (TPSA) is 91.5 Å². The van der Waals surface area contributed by atoms with Crippen molar-refractivity contribution in [2.24, 2.45) is 5.84 Å². The number of hydrazine groups is 1. The molecule has 1 fully saturated rings. The molecule has 0 aliphatic carbocycles. The summed E-state index contributed by atoms with van der Waals surface area (Å²) >= 11 is 5.84. The minimum Gasteiger partial charge on any atom is -0.390 e. The molecule has 0 saturated carbocycles. The third-order valence-electron chi connectivity index (χ3n) is 3.32. The van der Waals surface area contributed by atoms with Gasteiger partial charge in [-0.2, -0.15) is 0 Å². The maximum absolute atomic E-state index is 12.3. The van der Waals surface area contributed by atoms with E-state index in [1.165, 1.54) is 6.07 Å². The number of carbonyl (C=O) groups excluding carboxylic acids is 1. The Balaban J connectivity index is 2.14. The monoisotopic (exact) mass is 284 g/mol. The van der Waals surface area contributed by atoms with Crippen LogP contribution in [-0.4, -0.2) is 39.6 Å². The highest BCUT2D eigenvalue weighted by molar-refractivity contribution is 6.29. The zero-order valence-electron chi connectivity index (χ0n) is 10.7. The molecule has 4 N–H and O–H groups in total. The van der Waals surface area contributed by atoms with Crippen molar-refractivity contribution in [1.82, 2.24) is 9.88 Å². The summed E-state index contributed by atoms with van der Waals surface area (Å²) in [6.45, 7) is 2.84. The lowest BCUT2D eigenvalue weighted by molar-refractivity contribution is -0.00202. The summed E-state index contributed by atoms with van der Waals surface area (Å²) in [4.78, 5) is 17.9. The number of aliphatic hydroxyl groups is 1. The van der Waals surface area contributed by atoms with Crippen molar-refractivity contribution < 1.29 is 9.90 Å². The van der Waals surface area contributed by atoms with Crippen LogP contribution in [0.25, 0.3) is 0 Å². The summed E-state index contributed by atoms with van der Waals surface area (Å²) in [7, 11) is 0. The second kappa shape index (κ2) is 5.32. The van der Waals surface area contributed by atoms with Gasteiger partial charge in [0.25, 0.3) is 5.91 Å². The Morgan fingerprint density at radius 1 is 1.53 bits per heavy atom. The number of pyridine rings is 1. The zero-order chi connectivity index (χ0) is 14.0. The van der Waals surface area contributed by atoms with E-state index in [1.54, 1.807) is 17.9 Å². The number of nitrogens with one attached hydrogen (secondary N) is 1.